The number of benzene rings is 2. The van der Waals surface area contributed by atoms with Gasteiger partial charge in [-0.15, -0.1) is 0 Å². The molecule has 2 aromatic rings. The second-order valence-electron chi connectivity index (χ2n) is 12.3. The van der Waals surface area contributed by atoms with Crippen molar-refractivity contribution in [1.82, 2.24) is 15.1 Å². The Bertz CT molecular complexity index is 1260. The van der Waals surface area contributed by atoms with Crippen LogP contribution in [0.2, 0.25) is 5.02 Å². The number of fused-ring (bicyclic) bond motifs is 2. The van der Waals surface area contributed by atoms with Crippen molar-refractivity contribution in [1.29, 1.82) is 0 Å². The molecule has 2 unspecified atom stereocenters. The summed E-state index contributed by atoms with van der Waals surface area (Å²) in [6, 6.07) is 14.6. The van der Waals surface area contributed by atoms with Gasteiger partial charge in [0.05, 0.1) is 0 Å². The van der Waals surface area contributed by atoms with Crippen molar-refractivity contribution in [2.45, 2.75) is 83.8 Å². The van der Waals surface area contributed by atoms with Crippen molar-refractivity contribution < 1.29 is 14.4 Å². The molecule has 2 bridgehead atoms. The fourth-order valence-corrected chi connectivity index (χ4v) is 7.11. The minimum absolute atomic E-state index is 0.0727. The molecule has 3 saturated heterocycles. The lowest BCUT2D eigenvalue weighted by Crippen LogP contribution is -2.51. The SMILES string of the molecule is CC(=O)N1CCC(C(=O)N(CCCN2C3CCC2CC(NC(=O)Nc2ccc(C)cc2)C3)c2ccc(C)c(Cl)c2)CC1. The molecule has 9 heteroatoms. The van der Waals surface area contributed by atoms with E-state index < -0.39 is 0 Å². The molecular weight excluding hydrogens is 550 g/mol. The number of halogens is 1. The van der Waals surface area contributed by atoms with Gasteiger partial charge in [-0.25, -0.2) is 4.79 Å². The molecule has 42 heavy (non-hydrogen) atoms. The number of rotatable bonds is 8. The van der Waals surface area contributed by atoms with Crippen LogP contribution >= 0.6 is 11.6 Å². The van der Waals surface area contributed by atoms with Gasteiger partial charge in [0, 0.05) is 73.5 Å². The van der Waals surface area contributed by atoms with Gasteiger partial charge in [-0.05, 0) is 88.6 Å². The third kappa shape index (κ3) is 7.27. The van der Waals surface area contributed by atoms with Gasteiger partial charge in [-0.2, -0.15) is 0 Å². The minimum atomic E-state index is -0.142. The minimum Gasteiger partial charge on any atom is -0.343 e. The Balaban J connectivity index is 1.16. The fourth-order valence-electron chi connectivity index (χ4n) is 6.94. The molecule has 0 aliphatic carbocycles. The number of carbonyl (C=O) groups is 3. The van der Waals surface area contributed by atoms with Gasteiger partial charge in [0.2, 0.25) is 11.8 Å². The van der Waals surface area contributed by atoms with Gasteiger partial charge < -0.3 is 20.4 Å². The Kier molecular flexibility index (Phi) is 9.74. The van der Waals surface area contributed by atoms with Crippen molar-refractivity contribution in [3.63, 3.8) is 0 Å². The first-order chi connectivity index (χ1) is 20.2. The zero-order valence-electron chi connectivity index (χ0n) is 25.1. The maximum absolute atomic E-state index is 13.8. The van der Waals surface area contributed by atoms with Gasteiger partial charge in [0.15, 0.2) is 0 Å². The Morgan fingerprint density at radius 2 is 1.62 bits per heavy atom. The topological polar surface area (TPSA) is 85.0 Å². The summed E-state index contributed by atoms with van der Waals surface area (Å²) >= 11 is 6.48. The predicted molar refractivity (Wildman–Crippen MR) is 168 cm³/mol. The van der Waals surface area contributed by atoms with Crippen molar-refractivity contribution in [3.05, 3.63) is 58.6 Å². The average molecular weight is 594 g/mol. The van der Waals surface area contributed by atoms with Crippen LogP contribution in [0.1, 0.15) is 63.0 Å². The largest absolute Gasteiger partial charge is 0.343 e. The Morgan fingerprint density at radius 3 is 2.24 bits per heavy atom. The first-order valence-corrected chi connectivity index (χ1v) is 15.8. The molecule has 5 rings (SSSR count). The molecule has 2 aromatic carbocycles. The molecule has 3 heterocycles. The van der Waals surface area contributed by atoms with Crippen LogP contribution in [0, 0.1) is 19.8 Å². The Morgan fingerprint density at radius 1 is 0.952 bits per heavy atom. The monoisotopic (exact) mass is 593 g/mol. The number of nitrogens with zero attached hydrogens (tertiary/aromatic N) is 3. The Labute approximate surface area is 254 Å². The third-order valence-electron chi connectivity index (χ3n) is 9.35. The maximum Gasteiger partial charge on any atom is 0.319 e. The van der Waals surface area contributed by atoms with Crippen LogP contribution in [0.4, 0.5) is 16.2 Å². The van der Waals surface area contributed by atoms with Gasteiger partial charge in [-0.3, -0.25) is 14.5 Å². The van der Waals surface area contributed by atoms with Crippen LogP contribution in [-0.4, -0.2) is 71.9 Å². The lowest BCUT2D eigenvalue weighted by molar-refractivity contribution is -0.133. The van der Waals surface area contributed by atoms with E-state index in [1.165, 1.54) is 0 Å². The number of likely N-dealkylation sites (tertiary alicyclic amines) is 1. The molecule has 0 saturated carbocycles. The smallest absolute Gasteiger partial charge is 0.319 e. The number of urea groups is 1. The number of aryl methyl sites for hydroxylation is 2. The molecule has 226 valence electrons. The molecule has 3 aliphatic heterocycles. The van der Waals surface area contributed by atoms with Gasteiger partial charge in [0.1, 0.15) is 0 Å². The second kappa shape index (κ2) is 13.5. The summed E-state index contributed by atoms with van der Waals surface area (Å²) in [4.78, 5) is 44.6. The second-order valence-corrected chi connectivity index (χ2v) is 12.7. The quantitative estimate of drug-likeness (QED) is 0.408. The van der Waals surface area contributed by atoms with Gasteiger partial charge in [0.25, 0.3) is 0 Å². The van der Waals surface area contributed by atoms with Crippen LogP contribution in [-0.2, 0) is 9.59 Å². The molecule has 0 radical (unpaired) electrons. The van der Waals surface area contributed by atoms with E-state index in [4.69, 9.17) is 11.6 Å². The van der Waals surface area contributed by atoms with E-state index in [1.54, 1.807) is 6.92 Å². The van der Waals surface area contributed by atoms with Crippen LogP contribution in [0.3, 0.4) is 0 Å². The fraction of sp³-hybridized carbons (Fsp3) is 0.545. The van der Waals surface area contributed by atoms with E-state index >= 15 is 0 Å². The molecule has 3 aliphatic rings. The standard InChI is InChI=1S/C33H44ClN5O3/c1-22-5-8-26(9-6-22)35-33(42)36-27-19-28-11-12-29(20-27)38(28)15-4-16-39(30-10-7-23(2)31(34)21-30)32(41)25-13-17-37(18-14-25)24(3)40/h5-10,21,25,27-29H,4,11-20H2,1-3H3,(H2,35,36,42). The van der Waals surface area contributed by atoms with Crippen LogP contribution in [0.5, 0.6) is 0 Å². The first kappa shape index (κ1) is 30.4. The maximum atomic E-state index is 13.8. The molecule has 0 aromatic heterocycles. The highest BCUT2D eigenvalue weighted by molar-refractivity contribution is 6.31. The van der Waals surface area contributed by atoms with E-state index in [0.717, 1.165) is 61.2 Å². The highest BCUT2D eigenvalue weighted by atomic mass is 35.5. The number of carbonyl (C=O) groups excluding carboxylic acids is 3. The zero-order chi connectivity index (χ0) is 29.8. The molecule has 4 amide bonds. The normalized spacial score (nSPS) is 22.6. The number of nitrogens with one attached hydrogen (secondary N) is 2. The molecule has 0 spiro atoms. The van der Waals surface area contributed by atoms with Crippen molar-refractivity contribution in [2.75, 3.05) is 36.4 Å². The Hall–Kier alpha value is -3.10. The number of hydrogen-bond acceptors (Lipinski definition) is 4. The average Bonchev–Trinajstić information content (AvgIpc) is 3.20. The van der Waals surface area contributed by atoms with E-state index in [2.05, 4.69) is 15.5 Å². The highest BCUT2D eigenvalue weighted by Crippen LogP contribution is 2.36. The van der Waals surface area contributed by atoms with E-state index in [9.17, 15) is 14.4 Å². The predicted octanol–water partition coefficient (Wildman–Crippen LogP) is 5.76. The highest BCUT2D eigenvalue weighted by Gasteiger charge is 2.41. The summed E-state index contributed by atoms with van der Waals surface area (Å²) in [7, 11) is 0. The third-order valence-corrected chi connectivity index (χ3v) is 9.76. The summed E-state index contributed by atoms with van der Waals surface area (Å²) in [5.74, 6) is 0.108. The summed E-state index contributed by atoms with van der Waals surface area (Å²) < 4.78 is 0. The lowest BCUT2D eigenvalue weighted by Gasteiger charge is -2.39. The van der Waals surface area contributed by atoms with E-state index in [-0.39, 0.29) is 29.8 Å². The summed E-state index contributed by atoms with van der Waals surface area (Å²) in [6.45, 7) is 8.39. The van der Waals surface area contributed by atoms with E-state index in [1.807, 2.05) is 66.1 Å². The summed E-state index contributed by atoms with van der Waals surface area (Å²) in [6.07, 6.45) is 6.43. The zero-order valence-corrected chi connectivity index (χ0v) is 25.8. The van der Waals surface area contributed by atoms with Crippen LogP contribution < -0.4 is 15.5 Å². The van der Waals surface area contributed by atoms with E-state index in [0.29, 0.717) is 49.6 Å². The molecule has 2 atom stereocenters. The number of amides is 4. The van der Waals surface area contributed by atoms with Crippen molar-refractivity contribution >= 4 is 40.8 Å². The summed E-state index contributed by atoms with van der Waals surface area (Å²) in [5, 5.41) is 6.83. The van der Waals surface area contributed by atoms with Crippen LogP contribution in [0.25, 0.3) is 0 Å². The van der Waals surface area contributed by atoms with Crippen molar-refractivity contribution in [3.8, 4) is 0 Å². The van der Waals surface area contributed by atoms with Gasteiger partial charge >= 0.3 is 6.03 Å². The molecule has 8 nitrogen and oxygen atoms in total. The molecule has 3 fully saturated rings. The molecule has 2 N–H and O–H groups in total. The van der Waals surface area contributed by atoms with Crippen molar-refractivity contribution in [2.24, 2.45) is 5.92 Å². The van der Waals surface area contributed by atoms with Gasteiger partial charge in [-0.1, -0.05) is 35.4 Å². The number of piperidine rings is 2. The number of hydrogen-bond donors (Lipinski definition) is 2. The first-order valence-electron chi connectivity index (χ1n) is 15.4. The number of anilines is 2. The van der Waals surface area contributed by atoms with Crippen LogP contribution in [0.15, 0.2) is 42.5 Å². The lowest BCUT2D eigenvalue weighted by atomic mass is 9.94. The summed E-state index contributed by atoms with van der Waals surface area (Å²) in [5.41, 5.74) is 3.80. The molecular formula is C33H44ClN5O3.